The number of anilines is 1. The Balaban J connectivity index is 1.64. The first-order valence-corrected chi connectivity index (χ1v) is 10.8. The quantitative estimate of drug-likeness (QED) is 0.422. The Labute approximate surface area is 183 Å². The lowest BCUT2D eigenvalue weighted by atomic mass is 9.68. The minimum atomic E-state index is -0.411. The summed E-state index contributed by atoms with van der Waals surface area (Å²) in [6.45, 7) is 3.99. The highest BCUT2D eigenvalue weighted by Crippen LogP contribution is 2.50. The standard InChI is InChI=1S/C28H25NO2/c1-18-15-19(2)17-22(16-18)29-27(30)25-23(20-9-5-3-6-10-20)13-14-24(26(25)28(29)31)21-11-7-4-8-12-21/h3-17,23-26H,1-2H3/t23-,24+,25-,26-/m0/s1. The second-order valence-corrected chi connectivity index (χ2v) is 8.67. The molecule has 2 amide bonds. The number of hydrogen-bond acceptors (Lipinski definition) is 2. The monoisotopic (exact) mass is 407 g/mol. The highest BCUT2D eigenvalue weighted by atomic mass is 16.2. The van der Waals surface area contributed by atoms with Crippen LogP contribution in [0.3, 0.4) is 0 Å². The number of carbonyl (C=O) groups excluding carboxylic acids is 2. The Kier molecular flexibility index (Phi) is 4.82. The highest BCUT2D eigenvalue weighted by Gasteiger charge is 2.55. The third-order valence-electron chi connectivity index (χ3n) is 6.53. The fourth-order valence-electron chi connectivity index (χ4n) is 5.27. The summed E-state index contributed by atoms with van der Waals surface area (Å²) in [4.78, 5) is 29.0. The Morgan fingerprint density at radius 3 is 1.45 bits per heavy atom. The van der Waals surface area contributed by atoms with Gasteiger partial charge in [-0.2, -0.15) is 0 Å². The zero-order valence-corrected chi connectivity index (χ0v) is 17.7. The Morgan fingerprint density at radius 2 is 1.03 bits per heavy atom. The van der Waals surface area contributed by atoms with E-state index in [9.17, 15) is 9.59 Å². The van der Waals surface area contributed by atoms with Gasteiger partial charge in [0, 0.05) is 11.8 Å². The summed E-state index contributed by atoms with van der Waals surface area (Å²) in [7, 11) is 0. The van der Waals surface area contributed by atoms with Crippen molar-refractivity contribution in [3.05, 3.63) is 113 Å². The lowest BCUT2D eigenvalue weighted by Gasteiger charge is -2.32. The molecule has 2 aliphatic rings. The molecular formula is C28H25NO2. The van der Waals surface area contributed by atoms with Crippen molar-refractivity contribution in [2.45, 2.75) is 25.7 Å². The average Bonchev–Trinajstić information content (AvgIpc) is 3.04. The van der Waals surface area contributed by atoms with Gasteiger partial charge in [-0.25, -0.2) is 4.90 Å². The van der Waals surface area contributed by atoms with Gasteiger partial charge in [0.15, 0.2) is 0 Å². The number of allylic oxidation sites excluding steroid dienone is 2. The van der Waals surface area contributed by atoms with Crippen LogP contribution in [0.4, 0.5) is 5.69 Å². The van der Waals surface area contributed by atoms with E-state index in [2.05, 4.69) is 18.2 Å². The Morgan fingerprint density at radius 1 is 0.613 bits per heavy atom. The molecule has 3 nitrogen and oxygen atoms in total. The van der Waals surface area contributed by atoms with Crippen LogP contribution in [-0.4, -0.2) is 11.8 Å². The Hall–Kier alpha value is -3.46. The third-order valence-corrected chi connectivity index (χ3v) is 6.53. The van der Waals surface area contributed by atoms with Crippen molar-refractivity contribution in [3.8, 4) is 0 Å². The molecule has 0 bridgehead atoms. The maximum absolute atomic E-state index is 13.8. The van der Waals surface area contributed by atoms with Crippen LogP contribution in [0, 0.1) is 25.7 Å². The van der Waals surface area contributed by atoms with Crippen LogP contribution in [0.2, 0.25) is 0 Å². The van der Waals surface area contributed by atoms with E-state index in [-0.39, 0.29) is 23.7 Å². The normalized spacial score (nSPS) is 25.0. The summed E-state index contributed by atoms with van der Waals surface area (Å²) in [6.07, 6.45) is 4.26. The zero-order chi connectivity index (χ0) is 21.5. The number of amides is 2. The molecule has 1 aliphatic carbocycles. The minimum absolute atomic E-state index is 0.0980. The van der Waals surface area contributed by atoms with E-state index in [1.165, 1.54) is 4.90 Å². The van der Waals surface area contributed by atoms with Gasteiger partial charge in [-0.1, -0.05) is 78.9 Å². The summed E-state index contributed by atoms with van der Waals surface area (Å²) in [5.41, 5.74) is 4.92. The number of aryl methyl sites for hydroxylation is 2. The minimum Gasteiger partial charge on any atom is -0.274 e. The summed E-state index contributed by atoms with van der Waals surface area (Å²) < 4.78 is 0. The predicted octanol–water partition coefficient (Wildman–Crippen LogP) is 5.55. The van der Waals surface area contributed by atoms with E-state index >= 15 is 0 Å². The van der Waals surface area contributed by atoms with Crippen molar-refractivity contribution < 1.29 is 9.59 Å². The molecule has 0 spiro atoms. The molecule has 3 heteroatoms. The summed E-state index contributed by atoms with van der Waals surface area (Å²) in [6, 6.07) is 26.0. The summed E-state index contributed by atoms with van der Waals surface area (Å²) in [5.74, 6) is -1.24. The van der Waals surface area contributed by atoms with E-state index in [0.717, 1.165) is 22.3 Å². The first kappa shape index (κ1) is 19.5. The van der Waals surface area contributed by atoms with Gasteiger partial charge in [0.2, 0.25) is 11.8 Å². The first-order valence-electron chi connectivity index (χ1n) is 10.8. The molecule has 0 saturated carbocycles. The van der Waals surface area contributed by atoms with Crippen molar-refractivity contribution in [1.29, 1.82) is 0 Å². The maximum atomic E-state index is 13.8. The van der Waals surface area contributed by atoms with Gasteiger partial charge >= 0.3 is 0 Å². The molecule has 0 N–H and O–H groups in total. The number of rotatable bonds is 3. The van der Waals surface area contributed by atoms with Crippen LogP contribution in [0.15, 0.2) is 91.0 Å². The summed E-state index contributed by atoms with van der Waals surface area (Å²) in [5, 5.41) is 0. The molecule has 31 heavy (non-hydrogen) atoms. The van der Waals surface area contributed by atoms with Crippen LogP contribution in [0.25, 0.3) is 0 Å². The second kappa shape index (κ2) is 7.66. The molecule has 5 rings (SSSR count). The molecule has 1 aliphatic heterocycles. The molecule has 0 radical (unpaired) electrons. The van der Waals surface area contributed by atoms with Crippen molar-refractivity contribution in [2.75, 3.05) is 4.90 Å². The number of carbonyl (C=O) groups is 2. The van der Waals surface area contributed by atoms with Crippen LogP contribution in [-0.2, 0) is 9.59 Å². The van der Waals surface area contributed by atoms with E-state index in [4.69, 9.17) is 0 Å². The smallest absolute Gasteiger partial charge is 0.238 e. The first-order chi connectivity index (χ1) is 15.0. The molecule has 4 atom stereocenters. The largest absolute Gasteiger partial charge is 0.274 e. The van der Waals surface area contributed by atoms with Gasteiger partial charge in [0.1, 0.15) is 0 Å². The van der Waals surface area contributed by atoms with Crippen LogP contribution in [0.1, 0.15) is 34.1 Å². The van der Waals surface area contributed by atoms with Gasteiger partial charge in [-0.3, -0.25) is 9.59 Å². The summed E-state index contributed by atoms with van der Waals surface area (Å²) >= 11 is 0. The molecule has 0 unspecified atom stereocenters. The fraction of sp³-hybridized carbons (Fsp3) is 0.214. The molecule has 3 aromatic rings. The molecule has 1 fully saturated rings. The van der Waals surface area contributed by atoms with Gasteiger partial charge in [-0.05, 0) is 48.2 Å². The molecule has 0 aromatic heterocycles. The number of fused-ring (bicyclic) bond motifs is 1. The predicted molar refractivity (Wildman–Crippen MR) is 123 cm³/mol. The number of nitrogens with zero attached hydrogens (tertiary/aromatic N) is 1. The second-order valence-electron chi connectivity index (χ2n) is 8.67. The molecule has 154 valence electrons. The van der Waals surface area contributed by atoms with Crippen LogP contribution < -0.4 is 4.90 Å². The van der Waals surface area contributed by atoms with Gasteiger partial charge < -0.3 is 0 Å². The number of hydrogen-bond donors (Lipinski definition) is 0. The van der Waals surface area contributed by atoms with Crippen molar-refractivity contribution in [1.82, 2.24) is 0 Å². The molecule has 3 aromatic carbocycles. The van der Waals surface area contributed by atoms with E-state index in [1.54, 1.807) is 0 Å². The maximum Gasteiger partial charge on any atom is 0.238 e. The van der Waals surface area contributed by atoms with Crippen molar-refractivity contribution in [2.24, 2.45) is 11.8 Å². The van der Waals surface area contributed by atoms with Crippen molar-refractivity contribution in [3.63, 3.8) is 0 Å². The van der Waals surface area contributed by atoms with E-state index in [0.29, 0.717) is 5.69 Å². The van der Waals surface area contributed by atoms with Gasteiger partial charge in [0.25, 0.3) is 0 Å². The van der Waals surface area contributed by atoms with Crippen molar-refractivity contribution >= 4 is 17.5 Å². The molecule has 1 heterocycles. The lowest BCUT2D eigenvalue weighted by molar-refractivity contribution is -0.122. The third kappa shape index (κ3) is 3.31. The lowest BCUT2D eigenvalue weighted by Crippen LogP contribution is -2.31. The zero-order valence-electron chi connectivity index (χ0n) is 17.7. The average molecular weight is 408 g/mol. The SMILES string of the molecule is Cc1cc(C)cc(N2C(=O)[C@@H]3[C@@H](C2=O)[C@H](c2ccccc2)C=C[C@@H]3c2ccccc2)c1. The number of imide groups is 1. The topological polar surface area (TPSA) is 37.4 Å². The van der Waals surface area contributed by atoms with Crippen LogP contribution >= 0.6 is 0 Å². The number of benzene rings is 3. The highest BCUT2D eigenvalue weighted by molar-refractivity contribution is 6.23. The van der Waals surface area contributed by atoms with Gasteiger partial charge in [-0.15, -0.1) is 0 Å². The Bertz CT molecular complexity index is 1080. The van der Waals surface area contributed by atoms with Crippen LogP contribution in [0.5, 0.6) is 0 Å². The van der Waals surface area contributed by atoms with E-state index < -0.39 is 11.8 Å². The molecule has 1 saturated heterocycles. The van der Waals surface area contributed by atoms with E-state index in [1.807, 2.05) is 86.6 Å². The van der Waals surface area contributed by atoms with Gasteiger partial charge in [0.05, 0.1) is 17.5 Å². The molecular weight excluding hydrogens is 382 g/mol. The fourth-order valence-corrected chi connectivity index (χ4v) is 5.27.